The van der Waals surface area contributed by atoms with Gasteiger partial charge < -0.3 is 10.6 Å². The summed E-state index contributed by atoms with van der Waals surface area (Å²) in [6, 6.07) is 2.55. The van der Waals surface area contributed by atoms with Crippen LogP contribution >= 0.6 is 11.3 Å². The SMILES string of the molecule is CCC(C)(C)NC(=O)CNC1CCCc2sccc21. The monoisotopic (exact) mass is 280 g/mol. The fraction of sp³-hybridized carbons (Fsp3) is 0.667. The number of amides is 1. The van der Waals surface area contributed by atoms with Crippen LogP contribution in [0.1, 0.15) is 56.5 Å². The average molecular weight is 280 g/mol. The third-order valence-electron chi connectivity index (χ3n) is 3.92. The predicted octanol–water partition coefficient (Wildman–Crippen LogP) is 3.02. The van der Waals surface area contributed by atoms with Crippen LogP contribution in [-0.2, 0) is 11.2 Å². The van der Waals surface area contributed by atoms with Crippen molar-refractivity contribution in [3.8, 4) is 0 Å². The molecule has 0 bridgehead atoms. The molecule has 0 saturated heterocycles. The van der Waals surface area contributed by atoms with Crippen LogP contribution in [0.4, 0.5) is 0 Å². The first kappa shape index (κ1) is 14.5. The van der Waals surface area contributed by atoms with Crippen molar-refractivity contribution < 1.29 is 4.79 Å². The Morgan fingerprint density at radius 1 is 1.53 bits per heavy atom. The van der Waals surface area contributed by atoms with E-state index < -0.39 is 0 Å². The first-order valence-corrected chi connectivity index (χ1v) is 8.00. The molecule has 19 heavy (non-hydrogen) atoms. The highest BCUT2D eigenvalue weighted by atomic mass is 32.1. The van der Waals surface area contributed by atoms with Crippen molar-refractivity contribution in [2.24, 2.45) is 0 Å². The molecule has 1 aliphatic carbocycles. The summed E-state index contributed by atoms with van der Waals surface area (Å²) in [4.78, 5) is 13.4. The Kier molecular flexibility index (Phi) is 4.63. The average Bonchev–Trinajstić information content (AvgIpc) is 2.84. The summed E-state index contributed by atoms with van der Waals surface area (Å²) in [5.41, 5.74) is 1.29. The fourth-order valence-corrected chi connectivity index (χ4v) is 3.41. The highest BCUT2D eigenvalue weighted by Crippen LogP contribution is 2.32. The Hall–Kier alpha value is -0.870. The lowest BCUT2D eigenvalue weighted by Crippen LogP contribution is -2.47. The molecule has 0 aromatic carbocycles. The minimum Gasteiger partial charge on any atom is -0.350 e. The summed E-state index contributed by atoms with van der Waals surface area (Å²) in [5.74, 6) is 0.0919. The molecule has 1 heterocycles. The van der Waals surface area contributed by atoms with Crippen LogP contribution in [-0.4, -0.2) is 18.0 Å². The number of hydrogen-bond donors (Lipinski definition) is 2. The number of fused-ring (bicyclic) bond motifs is 1. The molecular weight excluding hydrogens is 256 g/mol. The molecule has 0 spiro atoms. The van der Waals surface area contributed by atoms with Gasteiger partial charge in [-0.15, -0.1) is 11.3 Å². The van der Waals surface area contributed by atoms with Gasteiger partial charge >= 0.3 is 0 Å². The molecule has 2 rings (SSSR count). The van der Waals surface area contributed by atoms with E-state index >= 15 is 0 Å². The number of nitrogens with one attached hydrogen (secondary N) is 2. The van der Waals surface area contributed by atoms with E-state index in [4.69, 9.17) is 0 Å². The van der Waals surface area contributed by atoms with Gasteiger partial charge in [0.15, 0.2) is 0 Å². The largest absolute Gasteiger partial charge is 0.350 e. The van der Waals surface area contributed by atoms with Crippen LogP contribution in [0, 0.1) is 0 Å². The first-order chi connectivity index (χ1) is 9.02. The molecule has 2 N–H and O–H groups in total. The maximum Gasteiger partial charge on any atom is 0.234 e. The zero-order valence-electron chi connectivity index (χ0n) is 12.1. The van der Waals surface area contributed by atoms with Gasteiger partial charge in [-0.1, -0.05) is 6.92 Å². The molecule has 0 saturated carbocycles. The fourth-order valence-electron chi connectivity index (χ4n) is 2.42. The zero-order chi connectivity index (χ0) is 13.9. The molecule has 0 fully saturated rings. The number of aryl methyl sites for hydroxylation is 1. The van der Waals surface area contributed by atoms with Crippen molar-refractivity contribution in [1.82, 2.24) is 10.6 Å². The van der Waals surface area contributed by atoms with Crippen molar-refractivity contribution in [3.63, 3.8) is 0 Å². The van der Waals surface area contributed by atoms with Crippen molar-refractivity contribution in [2.45, 2.75) is 58.0 Å². The van der Waals surface area contributed by atoms with Crippen LogP contribution in [0.2, 0.25) is 0 Å². The smallest absolute Gasteiger partial charge is 0.234 e. The van der Waals surface area contributed by atoms with Gasteiger partial charge in [-0.25, -0.2) is 0 Å². The minimum atomic E-state index is -0.112. The molecule has 1 aromatic heterocycles. The Bertz CT molecular complexity index is 439. The molecule has 0 aliphatic heterocycles. The van der Waals surface area contributed by atoms with E-state index in [-0.39, 0.29) is 11.4 Å². The zero-order valence-corrected chi connectivity index (χ0v) is 12.9. The highest BCUT2D eigenvalue weighted by Gasteiger charge is 2.22. The second-order valence-corrected chi connectivity index (χ2v) is 6.91. The van der Waals surface area contributed by atoms with Gasteiger partial charge in [-0.05, 0) is 56.5 Å². The molecule has 1 aromatic rings. The second kappa shape index (κ2) is 6.06. The normalized spacial score (nSPS) is 19.0. The van der Waals surface area contributed by atoms with E-state index in [2.05, 4.69) is 42.9 Å². The Morgan fingerprint density at radius 2 is 2.32 bits per heavy atom. The topological polar surface area (TPSA) is 41.1 Å². The molecule has 1 aliphatic rings. The Balaban J connectivity index is 1.86. The van der Waals surface area contributed by atoms with E-state index in [1.807, 2.05) is 11.3 Å². The van der Waals surface area contributed by atoms with E-state index in [1.165, 1.54) is 23.3 Å². The number of carbonyl (C=O) groups excluding carboxylic acids is 1. The lowest BCUT2D eigenvalue weighted by Gasteiger charge is -2.27. The van der Waals surface area contributed by atoms with Crippen LogP contribution in [0.5, 0.6) is 0 Å². The second-order valence-electron chi connectivity index (χ2n) is 5.91. The number of hydrogen-bond acceptors (Lipinski definition) is 3. The molecule has 3 nitrogen and oxygen atoms in total. The van der Waals surface area contributed by atoms with Crippen molar-refractivity contribution in [2.75, 3.05) is 6.54 Å². The Labute approximate surface area is 119 Å². The van der Waals surface area contributed by atoms with Crippen molar-refractivity contribution in [3.05, 3.63) is 21.9 Å². The highest BCUT2D eigenvalue weighted by molar-refractivity contribution is 7.10. The molecular formula is C15H24N2OS. The van der Waals surface area contributed by atoms with Gasteiger partial charge in [0.25, 0.3) is 0 Å². The molecule has 106 valence electrons. The van der Waals surface area contributed by atoms with Gasteiger partial charge in [0, 0.05) is 16.5 Å². The minimum absolute atomic E-state index is 0.0919. The summed E-state index contributed by atoms with van der Waals surface area (Å²) in [6.07, 6.45) is 4.48. The van der Waals surface area contributed by atoms with Gasteiger partial charge in [0.2, 0.25) is 5.91 Å². The number of carbonyl (C=O) groups is 1. The van der Waals surface area contributed by atoms with E-state index in [9.17, 15) is 4.79 Å². The summed E-state index contributed by atoms with van der Waals surface area (Å²) >= 11 is 1.84. The van der Waals surface area contributed by atoms with Crippen LogP contribution in [0.3, 0.4) is 0 Å². The lowest BCUT2D eigenvalue weighted by atomic mass is 9.94. The Morgan fingerprint density at radius 3 is 3.05 bits per heavy atom. The molecule has 1 amide bonds. The van der Waals surface area contributed by atoms with Crippen LogP contribution in [0.25, 0.3) is 0 Å². The van der Waals surface area contributed by atoms with Crippen LogP contribution in [0.15, 0.2) is 11.4 Å². The van der Waals surface area contributed by atoms with Gasteiger partial charge in [0.1, 0.15) is 0 Å². The van der Waals surface area contributed by atoms with Crippen LogP contribution < -0.4 is 10.6 Å². The third kappa shape index (κ3) is 3.80. The third-order valence-corrected chi connectivity index (χ3v) is 4.92. The molecule has 1 unspecified atom stereocenters. The summed E-state index contributed by atoms with van der Waals surface area (Å²) in [7, 11) is 0. The van der Waals surface area contributed by atoms with E-state index in [0.717, 1.165) is 12.8 Å². The van der Waals surface area contributed by atoms with Gasteiger partial charge in [-0.3, -0.25) is 4.79 Å². The lowest BCUT2D eigenvalue weighted by molar-refractivity contribution is -0.122. The predicted molar refractivity (Wildman–Crippen MR) is 80.5 cm³/mol. The maximum atomic E-state index is 11.9. The number of thiophene rings is 1. The van der Waals surface area contributed by atoms with Gasteiger partial charge in [0.05, 0.1) is 6.54 Å². The number of rotatable bonds is 5. The summed E-state index contributed by atoms with van der Waals surface area (Å²) in [6.45, 7) is 6.61. The standard InChI is InChI=1S/C15H24N2OS/c1-4-15(2,3)17-14(18)10-16-12-6-5-7-13-11(12)8-9-19-13/h8-9,12,16H,4-7,10H2,1-3H3,(H,17,18). The van der Waals surface area contributed by atoms with Gasteiger partial charge in [-0.2, -0.15) is 0 Å². The first-order valence-electron chi connectivity index (χ1n) is 7.12. The van der Waals surface area contributed by atoms with E-state index in [0.29, 0.717) is 12.6 Å². The summed E-state index contributed by atoms with van der Waals surface area (Å²) in [5, 5.41) is 8.63. The maximum absolute atomic E-state index is 11.9. The molecule has 0 radical (unpaired) electrons. The van der Waals surface area contributed by atoms with Crippen molar-refractivity contribution >= 4 is 17.2 Å². The quantitative estimate of drug-likeness (QED) is 0.870. The summed E-state index contributed by atoms with van der Waals surface area (Å²) < 4.78 is 0. The van der Waals surface area contributed by atoms with Crippen molar-refractivity contribution in [1.29, 1.82) is 0 Å². The molecule has 4 heteroatoms. The molecule has 1 atom stereocenters. The van der Waals surface area contributed by atoms with E-state index in [1.54, 1.807) is 0 Å².